The number of allylic oxidation sites excluding steroid dienone is 12. The molecule has 0 spiro atoms. The molecule has 0 fully saturated rings. The molecule has 0 aliphatic heterocycles. The number of rotatable bonds is 6. The minimum Gasteiger partial charge on any atom is -0.382 e. The summed E-state index contributed by atoms with van der Waals surface area (Å²) in [7, 11) is 0. The van der Waals surface area contributed by atoms with Gasteiger partial charge in [-0.05, 0) is 115 Å². The number of fused-ring (bicyclic) bond motifs is 9. The highest BCUT2D eigenvalue weighted by molar-refractivity contribution is 6.14. The Balaban J connectivity index is 0.000000265. The van der Waals surface area contributed by atoms with Gasteiger partial charge in [0.25, 0.3) is 0 Å². The second-order valence-electron chi connectivity index (χ2n) is 17.3. The van der Waals surface area contributed by atoms with Crippen molar-refractivity contribution in [2.75, 3.05) is 0 Å². The molecule has 3 aromatic heterocycles. The molecule has 0 saturated carbocycles. The minimum absolute atomic E-state index is 0.1000. The van der Waals surface area contributed by atoms with Gasteiger partial charge in [0, 0.05) is 56.3 Å². The van der Waals surface area contributed by atoms with Crippen LogP contribution in [0.4, 0.5) is 0 Å². The SMILES string of the molecule is CC.CC(C1=CCCC=C1)C1=CCCC=C1.N/N=C(\N)C1=CC=CC(n2c3c(c4cc5c(cc42)c2ccccc2n5-c2cccc(-n4c5ccccc5c5ccccc54)c2)CCC=C3)C1. The second-order valence-corrected chi connectivity index (χ2v) is 17.3. The number of amidine groups is 1. The van der Waals surface area contributed by atoms with E-state index in [0.29, 0.717) is 11.8 Å². The van der Waals surface area contributed by atoms with Gasteiger partial charge < -0.3 is 25.3 Å². The molecule has 3 heterocycles. The summed E-state index contributed by atoms with van der Waals surface area (Å²) >= 11 is 0. The monoisotopic (exact) mass is 850 g/mol. The molecule has 0 saturated heterocycles. The van der Waals surface area contributed by atoms with Crippen LogP contribution in [0.15, 0.2) is 192 Å². The van der Waals surface area contributed by atoms with Crippen molar-refractivity contribution in [3.63, 3.8) is 0 Å². The van der Waals surface area contributed by atoms with E-state index in [-0.39, 0.29) is 6.04 Å². The van der Waals surface area contributed by atoms with Crippen LogP contribution in [-0.2, 0) is 6.42 Å². The Morgan fingerprint density at radius 3 is 1.74 bits per heavy atom. The summed E-state index contributed by atoms with van der Waals surface area (Å²) in [4.78, 5) is 0. The van der Waals surface area contributed by atoms with Crippen molar-refractivity contribution in [1.29, 1.82) is 0 Å². The Morgan fingerprint density at radius 2 is 1.15 bits per heavy atom. The molecule has 1 unspecified atom stereocenters. The molecular formula is C59H58N6. The van der Waals surface area contributed by atoms with Gasteiger partial charge in [0.15, 0.2) is 0 Å². The maximum Gasteiger partial charge on any atom is 0.146 e. The first-order valence-corrected chi connectivity index (χ1v) is 23.6. The van der Waals surface area contributed by atoms with Crippen molar-refractivity contribution in [3.8, 4) is 11.4 Å². The molecule has 4 aliphatic carbocycles. The summed E-state index contributed by atoms with van der Waals surface area (Å²) in [5.74, 6) is 6.57. The molecule has 6 nitrogen and oxygen atoms in total. The smallest absolute Gasteiger partial charge is 0.146 e. The third kappa shape index (κ3) is 7.47. The molecule has 5 aromatic carbocycles. The van der Waals surface area contributed by atoms with Gasteiger partial charge in [-0.25, -0.2) is 0 Å². The van der Waals surface area contributed by atoms with Gasteiger partial charge in [-0.1, -0.05) is 142 Å². The molecule has 1 atom stereocenters. The van der Waals surface area contributed by atoms with Crippen LogP contribution in [0.3, 0.4) is 0 Å². The molecule has 0 radical (unpaired) electrons. The van der Waals surface area contributed by atoms with Gasteiger partial charge in [-0.3, -0.25) is 0 Å². The first-order valence-electron chi connectivity index (χ1n) is 23.6. The third-order valence-electron chi connectivity index (χ3n) is 13.6. The highest BCUT2D eigenvalue weighted by Crippen LogP contribution is 2.42. The van der Waals surface area contributed by atoms with E-state index in [9.17, 15) is 0 Å². The van der Waals surface area contributed by atoms with Gasteiger partial charge in [-0.15, -0.1) is 0 Å². The number of nitrogens with zero attached hydrogens (tertiary/aromatic N) is 4. The molecule has 0 amide bonds. The Kier molecular flexibility index (Phi) is 11.6. The predicted octanol–water partition coefficient (Wildman–Crippen LogP) is 14.7. The van der Waals surface area contributed by atoms with Crippen molar-refractivity contribution in [2.24, 2.45) is 22.6 Å². The molecule has 4 N–H and O–H groups in total. The highest BCUT2D eigenvalue weighted by Gasteiger charge is 2.26. The number of nitrogens with two attached hydrogens (primary N) is 2. The largest absolute Gasteiger partial charge is 0.382 e. The molecule has 6 heteroatoms. The standard InChI is InChI=1S/C43H34N6.C14H18.C2H6/c44-43(46-45)27-11-9-12-28(23-27)48-39-21-7-3-17-33(39)35-26-42-36(25-41(35)48)34-18-4-8-22-40(34)49(42)30-14-10-13-29(24-30)47-37-19-5-1-15-31(37)32-16-2-6-20-38(32)47;1-12(13-8-4-2-5-9-13)14-10-6-3-7-11-14;1-2/h1-2,4-16,18-22,24-26,28H,3,17,23,45H2,(H2,44,46);4,6,8-12H,2-3,5,7H2,1H3;1-2H3. The lowest BCUT2D eigenvalue weighted by atomic mass is 9.87. The Bertz CT molecular complexity index is 3280. The summed E-state index contributed by atoms with van der Waals surface area (Å²) in [5.41, 5.74) is 21.2. The van der Waals surface area contributed by atoms with E-state index < -0.39 is 0 Å². The van der Waals surface area contributed by atoms with Crippen molar-refractivity contribution in [1.82, 2.24) is 13.7 Å². The quantitative estimate of drug-likeness (QED) is 0.0756. The minimum atomic E-state index is 0.1000. The highest BCUT2D eigenvalue weighted by atomic mass is 15.2. The summed E-state index contributed by atoms with van der Waals surface area (Å²) in [5, 5.41) is 10.1. The molecule has 12 rings (SSSR count). The lowest BCUT2D eigenvalue weighted by Crippen LogP contribution is -2.21. The number of hydrogen-bond donors (Lipinski definition) is 2. The van der Waals surface area contributed by atoms with E-state index in [2.05, 4.69) is 196 Å². The van der Waals surface area contributed by atoms with E-state index in [0.717, 1.165) is 36.2 Å². The molecule has 0 bridgehead atoms. The number of hydrazone groups is 1. The maximum absolute atomic E-state index is 6.20. The second kappa shape index (κ2) is 18.1. The van der Waals surface area contributed by atoms with Gasteiger partial charge in [-0.2, -0.15) is 5.10 Å². The molecule has 65 heavy (non-hydrogen) atoms. The van der Waals surface area contributed by atoms with Crippen LogP contribution in [0.2, 0.25) is 0 Å². The molecule has 4 aliphatic rings. The topological polar surface area (TPSA) is 79.2 Å². The average molecular weight is 851 g/mol. The Morgan fingerprint density at radius 1 is 0.600 bits per heavy atom. The number of benzene rings is 5. The van der Waals surface area contributed by atoms with Gasteiger partial charge in [0.05, 0.1) is 33.6 Å². The van der Waals surface area contributed by atoms with Crippen LogP contribution in [0, 0.1) is 5.92 Å². The predicted molar refractivity (Wildman–Crippen MR) is 278 cm³/mol. The van der Waals surface area contributed by atoms with Crippen LogP contribution in [-0.4, -0.2) is 19.5 Å². The fraction of sp³-hybridized carbons (Fsp3) is 0.203. The van der Waals surface area contributed by atoms with Gasteiger partial charge in [0.2, 0.25) is 0 Å². The summed E-state index contributed by atoms with van der Waals surface area (Å²) < 4.78 is 7.34. The lowest BCUT2D eigenvalue weighted by molar-refractivity contribution is 0.613. The van der Waals surface area contributed by atoms with E-state index in [1.807, 2.05) is 19.9 Å². The lowest BCUT2D eigenvalue weighted by Gasteiger charge is -2.23. The molecule has 8 aromatic rings. The van der Waals surface area contributed by atoms with E-state index in [1.54, 1.807) is 0 Å². The van der Waals surface area contributed by atoms with Crippen molar-refractivity contribution in [2.45, 2.75) is 71.8 Å². The van der Waals surface area contributed by atoms with Crippen molar-refractivity contribution < 1.29 is 0 Å². The number of aromatic nitrogens is 3. The Hall–Kier alpha value is -7.31. The van der Waals surface area contributed by atoms with E-state index in [1.165, 1.54) is 103 Å². The number of aryl methyl sites for hydroxylation is 1. The van der Waals surface area contributed by atoms with E-state index in [4.69, 9.17) is 11.6 Å². The molecular weight excluding hydrogens is 793 g/mol. The van der Waals surface area contributed by atoms with Gasteiger partial charge >= 0.3 is 0 Å². The first-order chi connectivity index (χ1) is 32.1. The number of hydrogen-bond acceptors (Lipinski definition) is 2. The Labute approximate surface area is 382 Å². The number of para-hydroxylation sites is 3. The van der Waals surface area contributed by atoms with Crippen LogP contribution in [0.1, 0.15) is 76.6 Å². The zero-order valence-electron chi connectivity index (χ0n) is 37.8. The van der Waals surface area contributed by atoms with Crippen LogP contribution < -0.4 is 11.6 Å². The fourth-order valence-electron chi connectivity index (χ4n) is 10.5. The summed E-state index contributed by atoms with van der Waals surface area (Å²) in [6.45, 7) is 6.31. The molecule has 324 valence electrons. The fourth-order valence-corrected chi connectivity index (χ4v) is 10.5. The van der Waals surface area contributed by atoms with Crippen molar-refractivity contribution >= 4 is 66.4 Å². The summed E-state index contributed by atoms with van der Waals surface area (Å²) in [6, 6.07) is 40.1. The van der Waals surface area contributed by atoms with Crippen LogP contribution >= 0.6 is 0 Å². The van der Waals surface area contributed by atoms with Crippen LogP contribution in [0.25, 0.3) is 72.0 Å². The van der Waals surface area contributed by atoms with Crippen LogP contribution in [0.5, 0.6) is 0 Å². The van der Waals surface area contributed by atoms with E-state index >= 15 is 0 Å². The maximum atomic E-state index is 6.20. The normalized spacial score (nSPS) is 17.0. The third-order valence-corrected chi connectivity index (χ3v) is 13.6. The first kappa shape index (κ1) is 41.7. The van der Waals surface area contributed by atoms with Gasteiger partial charge in [0.1, 0.15) is 5.84 Å². The van der Waals surface area contributed by atoms with Crippen molar-refractivity contribution in [3.05, 3.63) is 198 Å². The zero-order chi connectivity index (χ0) is 44.4. The zero-order valence-corrected chi connectivity index (χ0v) is 37.8. The average Bonchev–Trinajstić information content (AvgIpc) is 4.02. The summed E-state index contributed by atoms with van der Waals surface area (Å²) in [6.07, 6.45) is 32.5.